The van der Waals surface area contributed by atoms with Gasteiger partial charge in [0.1, 0.15) is 0 Å². The van der Waals surface area contributed by atoms with Crippen LogP contribution in [-0.2, 0) is 0 Å². The summed E-state index contributed by atoms with van der Waals surface area (Å²) in [5.41, 5.74) is 0.380. The van der Waals surface area contributed by atoms with E-state index in [4.69, 9.17) is 5.11 Å². The molecule has 0 aliphatic carbocycles. The van der Waals surface area contributed by atoms with E-state index in [0.717, 1.165) is 0 Å². The summed E-state index contributed by atoms with van der Waals surface area (Å²) in [5, 5.41) is 8.63. The Kier molecular flexibility index (Phi) is 3.14. The molecule has 0 fully saturated rings. The fourth-order valence-corrected chi connectivity index (χ4v) is 3.76. The van der Waals surface area contributed by atoms with Gasteiger partial charge in [0.25, 0.3) is 0 Å². The van der Waals surface area contributed by atoms with Crippen LogP contribution in [0.5, 0.6) is 0 Å². The molecule has 0 amide bonds. The zero-order valence-corrected chi connectivity index (χ0v) is 10.5. The van der Waals surface area contributed by atoms with Gasteiger partial charge in [-0.05, 0) is 0 Å². The quantitative estimate of drug-likeness (QED) is 0.817. The van der Waals surface area contributed by atoms with Crippen LogP contribution < -0.4 is 3.58 Å². The van der Waals surface area contributed by atoms with Crippen LogP contribution in [0.15, 0.2) is 24.3 Å². The molecule has 0 aliphatic heterocycles. The Morgan fingerprint density at radius 3 is 2.08 bits per heavy atom. The Morgan fingerprint density at radius 2 is 1.75 bits per heavy atom. The number of benzene rings is 1. The van der Waals surface area contributed by atoms with E-state index in [0.29, 0.717) is 5.56 Å². The van der Waals surface area contributed by atoms with Crippen molar-refractivity contribution in [3.8, 4) is 0 Å². The number of carboxylic acids is 1. The van der Waals surface area contributed by atoms with Crippen molar-refractivity contribution < 1.29 is 9.90 Å². The summed E-state index contributed by atoms with van der Waals surface area (Å²) in [6.45, 7) is 0. The van der Waals surface area contributed by atoms with Gasteiger partial charge in [0, 0.05) is 0 Å². The molecule has 0 unspecified atom stereocenters. The summed E-state index contributed by atoms with van der Waals surface area (Å²) < 4.78 is 1.38. The minimum atomic E-state index is -1.40. The van der Waals surface area contributed by atoms with Gasteiger partial charge in [-0.2, -0.15) is 0 Å². The number of hydrogen-bond acceptors (Lipinski definition) is 1. The van der Waals surface area contributed by atoms with Gasteiger partial charge in [0.2, 0.25) is 0 Å². The average Bonchev–Trinajstić information content (AvgIpc) is 2.04. The first-order valence-corrected chi connectivity index (χ1v) is 12.2. The van der Waals surface area contributed by atoms with Crippen LogP contribution >= 0.6 is 0 Å². The van der Waals surface area contributed by atoms with Crippen molar-refractivity contribution in [1.29, 1.82) is 0 Å². The molecule has 1 aromatic rings. The number of hydrogen-bond donors (Lipinski definition) is 1. The van der Waals surface area contributed by atoms with Crippen LogP contribution in [0.3, 0.4) is 0 Å². The molecule has 0 saturated carbocycles. The van der Waals surface area contributed by atoms with Gasteiger partial charge in [0.15, 0.2) is 0 Å². The van der Waals surface area contributed by atoms with Crippen LogP contribution in [0.1, 0.15) is 10.4 Å². The van der Waals surface area contributed by atoms with E-state index in [1.165, 1.54) is 3.58 Å². The van der Waals surface area contributed by atoms with Crippen LogP contribution in [0.25, 0.3) is 0 Å². The first-order valence-electron chi connectivity index (χ1n) is 3.94. The molecule has 3 heteroatoms. The molecule has 12 heavy (non-hydrogen) atoms. The molecular weight excluding hydrogens is 259 g/mol. The van der Waals surface area contributed by atoms with Crippen LogP contribution in [0.2, 0.25) is 9.88 Å². The van der Waals surface area contributed by atoms with E-state index in [-0.39, 0.29) is 0 Å². The SMILES string of the molecule is [CH3][SnH]([CH3])[c]1ccc(C(=O)O)cc1. The van der Waals surface area contributed by atoms with Crippen molar-refractivity contribution in [1.82, 2.24) is 0 Å². The molecule has 1 rings (SSSR count). The molecule has 0 aliphatic rings. The van der Waals surface area contributed by atoms with Gasteiger partial charge >= 0.3 is 78.9 Å². The fraction of sp³-hybridized carbons (Fsp3) is 0.222. The standard InChI is InChI=1S/C7H5O2.2CH3.Sn.H/c8-7(9)6-4-2-1-3-5-6;;;;/h2-5H,(H,8,9);2*1H3;;. The van der Waals surface area contributed by atoms with E-state index in [2.05, 4.69) is 9.88 Å². The maximum atomic E-state index is 10.5. The van der Waals surface area contributed by atoms with Crippen molar-refractivity contribution in [3.05, 3.63) is 29.8 Å². The van der Waals surface area contributed by atoms with Crippen molar-refractivity contribution in [2.24, 2.45) is 0 Å². The van der Waals surface area contributed by atoms with Crippen LogP contribution in [0.4, 0.5) is 0 Å². The number of rotatable bonds is 2. The molecule has 64 valence electrons. The van der Waals surface area contributed by atoms with Gasteiger partial charge in [-0.1, -0.05) is 0 Å². The second-order valence-corrected chi connectivity index (χ2v) is 11.6. The van der Waals surface area contributed by atoms with Crippen molar-refractivity contribution in [3.63, 3.8) is 0 Å². The van der Waals surface area contributed by atoms with Crippen molar-refractivity contribution in [2.45, 2.75) is 9.88 Å². The summed E-state index contributed by atoms with van der Waals surface area (Å²) in [5.74, 6) is -0.847. The molecule has 2 nitrogen and oxygen atoms in total. The molecule has 0 heterocycles. The normalized spacial score (nSPS) is 10.2. The summed E-state index contributed by atoms with van der Waals surface area (Å²) in [7, 11) is 0. The van der Waals surface area contributed by atoms with E-state index < -0.39 is 25.7 Å². The van der Waals surface area contributed by atoms with E-state index >= 15 is 0 Å². The first kappa shape index (κ1) is 9.58. The molecular formula is C9H12O2Sn. The minimum absolute atomic E-state index is 0.380. The maximum absolute atomic E-state index is 10.5. The summed E-state index contributed by atoms with van der Waals surface area (Å²) >= 11 is -1.40. The average molecular weight is 271 g/mol. The summed E-state index contributed by atoms with van der Waals surface area (Å²) in [6.07, 6.45) is 0. The third-order valence-corrected chi connectivity index (χ3v) is 6.73. The summed E-state index contributed by atoms with van der Waals surface area (Å²) in [6, 6.07) is 7.28. The van der Waals surface area contributed by atoms with Crippen LogP contribution in [-0.4, -0.2) is 30.8 Å². The van der Waals surface area contributed by atoms with Crippen molar-refractivity contribution in [2.75, 3.05) is 0 Å². The Morgan fingerprint density at radius 1 is 1.25 bits per heavy atom. The molecule has 1 aromatic carbocycles. The first-order chi connectivity index (χ1) is 5.61. The molecule has 0 radical (unpaired) electrons. The van der Waals surface area contributed by atoms with Crippen LogP contribution in [0, 0.1) is 0 Å². The molecule has 1 N–H and O–H groups in total. The van der Waals surface area contributed by atoms with E-state index in [1.54, 1.807) is 12.1 Å². The second-order valence-electron chi connectivity index (χ2n) is 3.08. The predicted octanol–water partition coefficient (Wildman–Crippen LogP) is 1.08. The molecule has 0 aromatic heterocycles. The topological polar surface area (TPSA) is 37.3 Å². The molecule has 0 atom stereocenters. The van der Waals surface area contributed by atoms with Gasteiger partial charge in [0.05, 0.1) is 0 Å². The van der Waals surface area contributed by atoms with Gasteiger partial charge in [-0.3, -0.25) is 0 Å². The monoisotopic (exact) mass is 272 g/mol. The molecule has 0 spiro atoms. The van der Waals surface area contributed by atoms with Gasteiger partial charge < -0.3 is 0 Å². The Bertz CT molecular complexity index is 277. The van der Waals surface area contributed by atoms with Crippen molar-refractivity contribution >= 4 is 29.3 Å². The van der Waals surface area contributed by atoms with E-state index in [9.17, 15) is 4.79 Å². The fourth-order valence-electron chi connectivity index (χ4n) is 1.01. The van der Waals surface area contributed by atoms with E-state index in [1.807, 2.05) is 12.1 Å². The van der Waals surface area contributed by atoms with Gasteiger partial charge in [-0.15, -0.1) is 0 Å². The summed E-state index contributed by atoms with van der Waals surface area (Å²) in [4.78, 5) is 15.1. The molecule has 0 bridgehead atoms. The zero-order valence-electron chi connectivity index (χ0n) is 7.24. The van der Waals surface area contributed by atoms with Gasteiger partial charge in [-0.25, -0.2) is 0 Å². The predicted molar refractivity (Wildman–Crippen MR) is 51.9 cm³/mol. The number of carboxylic acid groups (broad SMARTS) is 1. The Labute approximate surface area is 79.0 Å². The third kappa shape index (κ3) is 2.24. The molecule has 0 saturated heterocycles. The second kappa shape index (κ2) is 3.94. The third-order valence-electron chi connectivity index (χ3n) is 1.82. The number of aromatic carboxylic acids is 1. The Balaban J connectivity index is 2.93. The number of carbonyl (C=O) groups is 1. The Hall–Kier alpha value is -0.511. The zero-order chi connectivity index (χ0) is 9.14.